The molecule has 282 valence electrons. The normalized spacial score (nSPS) is 16.3. The van der Waals surface area contributed by atoms with E-state index in [1.807, 2.05) is 57.5 Å². The Morgan fingerprint density at radius 3 is 2.29 bits per heavy atom. The maximum atomic E-state index is 13.8. The summed E-state index contributed by atoms with van der Waals surface area (Å²) in [6.07, 6.45) is 0.528. The first kappa shape index (κ1) is 40.4. The number of amides is 4. The zero-order chi connectivity index (χ0) is 37.7. The molecular weight excluding hydrogens is 687 g/mol. The molecule has 0 spiro atoms. The van der Waals surface area contributed by atoms with Gasteiger partial charge in [-0.15, -0.1) is 11.3 Å². The highest BCUT2D eigenvalue weighted by molar-refractivity contribution is 7.13. The molecule has 0 saturated carbocycles. The van der Waals surface area contributed by atoms with Crippen molar-refractivity contribution >= 4 is 40.7 Å². The number of likely N-dealkylation sites (tertiary alicyclic amines) is 1. The summed E-state index contributed by atoms with van der Waals surface area (Å²) in [6, 6.07) is 13.2. The number of thiazole rings is 1. The second-order valence-electron chi connectivity index (χ2n) is 13.9. The summed E-state index contributed by atoms with van der Waals surface area (Å²) < 4.78 is 16.9. The van der Waals surface area contributed by atoms with E-state index in [1.165, 1.54) is 11.8 Å². The molecule has 1 fully saturated rings. The highest BCUT2D eigenvalue weighted by Crippen LogP contribution is 2.28. The van der Waals surface area contributed by atoms with Gasteiger partial charge in [0.2, 0.25) is 23.6 Å². The van der Waals surface area contributed by atoms with Crippen molar-refractivity contribution in [1.82, 2.24) is 20.5 Å². The Morgan fingerprint density at radius 1 is 0.981 bits per heavy atom. The van der Waals surface area contributed by atoms with Gasteiger partial charge in [0.25, 0.3) is 0 Å². The van der Waals surface area contributed by atoms with Crippen LogP contribution in [0.2, 0.25) is 0 Å². The molecule has 0 aliphatic carbocycles. The van der Waals surface area contributed by atoms with Crippen molar-refractivity contribution in [3.63, 3.8) is 0 Å². The van der Waals surface area contributed by atoms with E-state index in [0.29, 0.717) is 50.7 Å². The van der Waals surface area contributed by atoms with Gasteiger partial charge >= 0.3 is 0 Å². The molecule has 1 unspecified atom stereocenters. The van der Waals surface area contributed by atoms with Gasteiger partial charge in [0.1, 0.15) is 24.4 Å². The Labute approximate surface area is 309 Å². The average molecular weight is 738 g/mol. The number of aliphatic hydroxyl groups excluding tert-OH is 1. The third-order valence-corrected chi connectivity index (χ3v) is 9.38. The van der Waals surface area contributed by atoms with Crippen LogP contribution >= 0.6 is 11.3 Å². The number of hydrogen-bond donors (Lipinski definition) is 4. The quantitative estimate of drug-likeness (QED) is 0.141. The average Bonchev–Trinajstić information content (AvgIpc) is 3.72. The van der Waals surface area contributed by atoms with E-state index in [1.54, 1.807) is 35.6 Å². The lowest BCUT2D eigenvalue weighted by Gasteiger charge is -2.35. The second kappa shape index (κ2) is 19.5. The molecule has 1 aliphatic rings. The van der Waals surface area contributed by atoms with Gasteiger partial charge in [-0.1, -0.05) is 45.0 Å². The van der Waals surface area contributed by atoms with Crippen molar-refractivity contribution in [2.75, 3.05) is 44.9 Å². The fourth-order valence-electron chi connectivity index (χ4n) is 5.70. The van der Waals surface area contributed by atoms with E-state index in [4.69, 9.17) is 14.2 Å². The Bertz CT molecular complexity index is 1620. The molecule has 1 aliphatic heterocycles. The van der Waals surface area contributed by atoms with Crippen molar-refractivity contribution in [3.8, 4) is 16.2 Å². The number of ether oxygens (including phenoxy) is 3. The van der Waals surface area contributed by atoms with Crippen molar-refractivity contribution in [2.24, 2.45) is 5.41 Å². The molecule has 0 bridgehead atoms. The van der Waals surface area contributed by atoms with Gasteiger partial charge in [0.15, 0.2) is 0 Å². The first-order chi connectivity index (χ1) is 24.8. The van der Waals surface area contributed by atoms with Crippen LogP contribution < -0.4 is 20.7 Å². The van der Waals surface area contributed by atoms with Crippen LogP contribution in [-0.4, -0.2) is 96.4 Å². The van der Waals surface area contributed by atoms with Crippen molar-refractivity contribution in [2.45, 2.75) is 78.6 Å². The van der Waals surface area contributed by atoms with E-state index in [0.717, 1.165) is 21.7 Å². The molecule has 3 atom stereocenters. The zero-order valence-corrected chi connectivity index (χ0v) is 31.4. The predicted octanol–water partition coefficient (Wildman–Crippen LogP) is 4.08. The van der Waals surface area contributed by atoms with E-state index in [9.17, 15) is 24.3 Å². The first-order valence-electron chi connectivity index (χ1n) is 17.5. The van der Waals surface area contributed by atoms with E-state index in [-0.39, 0.29) is 37.9 Å². The van der Waals surface area contributed by atoms with Gasteiger partial charge in [-0.2, -0.15) is 0 Å². The lowest BCUT2D eigenvalue weighted by atomic mass is 9.85. The number of rotatable bonds is 18. The zero-order valence-electron chi connectivity index (χ0n) is 30.6. The van der Waals surface area contributed by atoms with Gasteiger partial charge in [0.05, 0.1) is 28.8 Å². The van der Waals surface area contributed by atoms with Crippen molar-refractivity contribution in [1.29, 1.82) is 0 Å². The molecule has 2 aromatic carbocycles. The molecule has 4 N–H and O–H groups in total. The lowest BCUT2D eigenvalue weighted by Crippen LogP contribution is -2.58. The molecule has 0 radical (unpaired) electrons. The number of β-amino-alcohol motifs (C(OH)–C–C–N with tert-alkyl or cyclic N) is 1. The largest absolute Gasteiger partial charge is 0.494 e. The van der Waals surface area contributed by atoms with E-state index < -0.39 is 35.4 Å². The summed E-state index contributed by atoms with van der Waals surface area (Å²) >= 11 is 1.57. The summed E-state index contributed by atoms with van der Waals surface area (Å²) in [5.74, 6) is -0.667. The fraction of sp³-hybridized carbons (Fsp3) is 0.500. The summed E-state index contributed by atoms with van der Waals surface area (Å²) in [5.41, 5.74) is 4.77. The van der Waals surface area contributed by atoms with Gasteiger partial charge in [0, 0.05) is 58.4 Å². The minimum absolute atomic E-state index is 0.00206. The number of nitrogens with one attached hydrogen (secondary N) is 3. The maximum Gasteiger partial charge on any atom is 0.246 e. The Balaban J connectivity index is 1.15. The number of aromatic nitrogens is 1. The van der Waals surface area contributed by atoms with Gasteiger partial charge in [-0.05, 0) is 54.2 Å². The molecule has 1 aromatic heterocycles. The van der Waals surface area contributed by atoms with Gasteiger partial charge in [-0.25, -0.2) is 4.98 Å². The number of aliphatic hydroxyl groups is 1. The number of carbonyl (C=O) groups is 4. The summed E-state index contributed by atoms with van der Waals surface area (Å²) in [4.78, 5) is 57.9. The predicted molar refractivity (Wildman–Crippen MR) is 199 cm³/mol. The van der Waals surface area contributed by atoms with Crippen LogP contribution in [0.5, 0.6) is 5.75 Å². The smallest absolute Gasteiger partial charge is 0.246 e. The number of benzene rings is 2. The van der Waals surface area contributed by atoms with Crippen LogP contribution in [0.15, 0.2) is 54.0 Å². The highest BCUT2D eigenvalue weighted by Gasteiger charge is 2.44. The molecule has 3 aromatic rings. The molecule has 2 heterocycles. The Morgan fingerprint density at radius 2 is 1.65 bits per heavy atom. The summed E-state index contributed by atoms with van der Waals surface area (Å²) in [6.45, 7) is 10.7. The van der Waals surface area contributed by atoms with E-state index in [2.05, 4.69) is 20.9 Å². The molecule has 13 nitrogen and oxygen atoms in total. The molecule has 4 amide bonds. The van der Waals surface area contributed by atoms with Crippen LogP contribution in [0.25, 0.3) is 10.4 Å². The first-order valence-corrected chi connectivity index (χ1v) is 18.4. The monoisotopic (exact) mass is 737 g/mol. The third kappa shape index (κ3) is 12.4. The molecule has 1 saturated heterocycles. The van der Waals surface area contributed by atoms with Gasteiger partial charge < -0.3 is 40.2 Å². The lowest BCUT2D eigenvalue weighted by molar-refractivity contribution is -0.144. The van der Waals surface area contributed by atoms with Crippen molar-refractivity contribution in [3.05, 3.63) is 65.3 Å². The van der Waals surface area contributed by atoms with Gasteiger partial charge in [-0.3, -0.25) is 19.2 Å². The molecule has 4 rings (SSSR count). The van der Waals surface area contributed by atoms with Crippen molar-refractivity contribution < 1.29 is 38.5 Å². The Kier molecular flexibility index (Phi) is 15.1. The number of aryl methyl sites for hydroxylation is 1. The summed E-state index contributed by atoms with van der Waals surface area (Å²) in [5, 5.41) is 18.9. The number of hydrogen-bond acceptors (Lipinski definition) is 10. The maximum absolute atomic E-state index is 13.8. The van der Waals surface area contributed by atoms with Crippen LogP contribution in [0, 0.1) is 12.3 Å². The Hall–Kier alpha value is -4.37. The minimum Gasteiger partial charge on any atom is -0.494 e. The standard InChI is InChI=1S/C38H51N5O8S/c1-25-34(52-24-40-25)28-10-8-27(9-11-28)21-39-36(47)32-20-30(45)22-43(32)37(48)35(38(3,4)5)42-33(46)23-50-18-6-16-49-17-7-19-51-31-14-12-29(13-15-31)41-26(2)44/h8-15,24,30,32,35,45H,6-7,16-23H2,1-5H3,(H,39,47)(H,41,44)(H,42,46)/t30-,32-,35?/m0/s1. The third-order valence-electron chi connectivity index (χ3n) is 8.40. The number of nitrogens with zero attached hydrogens (tertiary/aromatic N) is 2. The SMILES string of the molecule is CC(=O)Nc1ccc(OCCCOCCCOCC(=O)NC(C(=O)N2C[C@@H](O)C[C@H]2C(=O)NCc2ccc(-c3scnc3C)cc2)C(C)(C)C)cc1. The highest BCUT2D eigenvalue weighted by atomic mass is 32.1. The summed E-state index contributed by atoms with van der Waals surface area (Å²) in [7, 11) is 0. The van der Waals surface area contributed by atoms with Crippen LogP contribution in [0.1, 0.15) is 58.2 Å². The minimum atomic E-state index is -0.937. The fourth-order valence-corrected chi connectivity index (χ4v) is 6.51. The molecule has 52 heavy (non-hydrogen) atoms. The molecular formula is C38H51N5O8S. The second-order valence-corrected chi connectivity index (χ2v) is 14.7. The van der Waals surface area contributed by atoms with Crippen LogP contribution in [-0.2, 0) is 35.2 Å². The topological polar surface area (TPSA) is 168 Å². The number of carbonyl (C=O) groups excluding carboxylic acids is 4. The number of anilines is 1. The van der Waals surface area contributed by atoms with Crippen LogP contribution in [0.3, 0.4) is 0 Å². The van der Waals surface area contributed by atoms with Crippen LogP contribution in [0.4, 0.5) is 5.69 Å². The van der Waals surface area contributed by atoms with E-state index >= 15 is 0 Å². The molecule has 14 heteroatoms.